The molecule has 1 aromatic carbocycles. The van der Waals surface area contributed by atoms with Crippen LogP contribution < -0.4 is 10.2 Å². The van der Waals surface area contributed by atoms with Gasteiger partial charge in [-0.1, -0.05) is 13.0 Å². The Morgan fingerprint density at radius 1 is 1.22 bits per heavy atom. The van der Waals surface area contributed by atoms with Crippen molar-refractivity contribution in [1.29, 1.82) is 0 Å². The molecule has 0 spiro atoms. The molecule has 96 valence electrons. The number of carbonyl (C=O) groups excluding carboxylic acids is 2. The second kappa shape index (κ2) is 4.90. The number of aryl methyl sites for hydroxylation is 2. The van der Waals surface area contributed by atoms with E-state index in [1.807, 2.05) is 32.9 Å². The number of nitrogens with one attached hydrogen (secondary N) is 1. The summed E-state index contributed by atoms with van der Waals surface area (Å²) in [5.74, 6) is -0.782. The average molecular weight is 246 g/mol. The van der Waals surface area contributed by atoms with Gasteiger partial charge in [0.2, 0.25) is 0 Å². The van der Waals surface area contributed by atoms with E-state index in [-0.39, 0.29) is 5.78 Å². The van der Waals surface area contributed by atoms with Crippen molar-refractivity contribution in [2.45, 2.75) is 20.8 Å². The van der Waals surface area contributed by atoms with Gasteiger partial charge in [-0.05, 0) is 37.6 Å². The molecule has 0 aliphatic carbocycles. The third-order valence-corrected chi connectivity index (χ3v) is 3.18. The Bertz CT molecular complexity index is 509. The van der Waals surface area contributed by atoms with Crippen LogP contribution in [0.25, 0.3) is 0 Å². The average Bonchev–Trinajstić information content (AvgIpc) is 2.54. The van der Waals surface area contributed by atoms with Crippen molar-refractivity contribution in [2.24, 2.45) is 0 Å². The van der Waals surface area contributed by atoms with Gasteiger partial charge in [-0.3, -0.25) is 9.59 Å². The first-order chi connectivity index (χ1) is 8.56. The number of amides is 1. The van der Waals surface area contributed by atoms with Crippen LogP contribution in [-0.2, 0) is 4.79 Å². The number of likely N-dealkylation sites (N-methyl/N-ethyl adjacent to an activating group) is 1. The predicted octanol–water partition coefficient (Wildman–Crippen LogP) is 1.44. The van der Waals surface area contributed by atoms with Gasteiger partial charge in [-0.25, -0.2) is 0 Å². The van der Waals surface area contributed by atoms with Gasteiger partial charge < -0.3 is 10.2 Å². The number of rotatable bonds is 4. The van der Waals surface area contributed by atoms with Crippen molar-refractivity contribution >= 4 is 17.4 Å². The summed E-state index contributed by atoms with van der Waals surface area (Å²) in [6, 6.07) is 3.86. The predicted molar refractivity (Wildman–Crippen MR) is 71.1 cm³/mol. The second-order valence-electron chi connectivity index (χ2n) is 4.62. The fourth-order valence-corrected chi connectivity index (χ4v) is 2.38. The van der Waals surface area contributed by atoms with Gasteiger partial charge in [0.25, 0.3) is 11.7 Å². The largest absolute Gasteiger partial charge is 0.315 e. The lowest BCUT2D eigenvalue weighted by molar-refractivity contribution is -0.114. The van der Waals surface area contributed by atoms with Crippen LogP contribution in [0.3, 0.4) is 0 Å². The molecule has 18 heavy (non-hydrogen) atoms. The molecule has 0 unspecified atom stereocenters. The summed E-state index contributed by atoms with van der Waals surface area (Å²) in [4.78, 5) is 25.5. The van der Waals surface area contributed by atoms with Crippen molar-refractivity contribution in [2.75, 3.05) is 24.5 Å². The van der Waals surface area contributed by atoms with Crippen LogP contribution in [0.15, 0.2) is 12.1 Å². The quantitative estimate of drug-likeness (QED) is 0.646. The number of fused-ring (bicyclic) bond motifs is 1. The maximum Gasteiger partial charge on any atom is 0.299 e. The van der Waals surface area contributed by atoms with Gasteiger partial charge in [-0.2, -0.15) is 0 Å². The van der Waals surface area contributed by atoms with Gasteiger partial charge in [0.05, 0.1) is 11.3 Å². The summed E-state index contributed by atoms with van der Waals surface area (Å²) in [6.45, 7) is 7.96. The minimum Gasteiger partial charge on any atom is -0.315 e. The number of carbonyl (C=O) groups is 2. The van der Waals surface area contributed by atoms with Gasteiger partial charge >= 0.3 is 0 Å². The Kier molecular flexibility index (Phi) is 3.48. The molecule has 1 heterocycles. The van der Waals surface area contributed by atoms with Crippen LogP contribution in [0.5, 0.6) is 0 Å². The Morgan fingerprint density at radius 3 is 2.61 bits per heavy atom. The molecule has 1 aliphatic rings. The lowest BCUT2D eigenvalue weighted by atomic mass is 10.0. The standard InChI is InChI=1S/C14H18N2O2/c1-4-15-5-6-16-11-8-9(2)7-10(3)12(11)13(17)14(16)18/h7-8,15H,4-6H2,1-3H3. The second-order valence-corrected chi connectivity index (χ2v) is 4.62. The molecule has 1 N–H and O–H groups in total. The van der Waals surface area contributed by atoms with Crippen LogP contribution >= 0.6 is 0 Å². The Hall–Kier alpha value is -1.68. The van der Waals surface area contributed by atoms with Crippen LogP contribution in [0.2, 0.25) is 0 Å². The van der Waals surface area contributed by atoms with E-state index in [2.05, 4.69) is 5.32 Å². The summed E-state index contributed by atoms with van der Waals surface area (Å²) < 4.78 is 0. The first-order valence-corrected chi connectivity index (χ1v) is 6.24. The van der Waals surface area contributed by atoms with E-state index < -0.39 is 5.91 Å². The van der Waals surface area contributed by atoms with E-state index in [1.54, 1.807) is 4.90 Å². The molecule has 1 amide bonds. The lowest BCUT2D eigenvalue weighted by Crippen LogP contribution is -2.36. The van der Waals surface area contributed by atoms with Crippen LogP contribution in [-0.4, -0.2) is 31.3 Å². The molecule has 0 saturated carbocycles. The number of hydrogen-bond donors (Lipinski definition) is 1. The van der Waals surface area contributed by atoms with Crippen molar-refractivity contribution in [3.63, 3.8) is 0 Å². The minimum absolute atomic E-state index is 0.376. The summed E-state index contributed by atoms with van der Waals surface area (Å²) in [5.41, 5.74) is 3.29. The van der Waals surface area contributed by atoms with E-state index >= 15 is 0 Å². The van der Waals surface area contributed by atoms with E-state index in [0.29, 0.717) is 18.7 Å². The highest BCUT2D eigenvalue weighted by Gasteiger charge is 2.36. The van der Waals surface area contributed by atoms with Crippen molar-refractivity contribution in [1.82, 2.24) is 5.32 Å². The number of benzene rings is 1. The summed E-state index contributed by atoms with van der Waals surface area (Å²) in [6.07, 6.45) is 0. The fraction of sp³-hybridized carbons (Fsp3) is 0.429. The van der Waals surface area contributed by atoms with E-state index in [9.17, 15) is 9.59 Å². The normalized spacial score (nSPS) is 14.3. The molecule has 1 aliphatic heterocycles. The van der Waals surface area contributed by atoms with Crippen molar-refractivity contribution in [3.8, 4) is 0 Å². The van der Waals surface area contributed by atoms with Crippen molar-refractivity contribution in [3.05, 3.63) is 28.8 Å². The zero-order valence-electron chi connectivity index (χ0n) is 11.0. The number of hydrogen-bond acceptors (Lipinski definition) is 3. The van der Waals surface area contributed by atoms with Gasteiger partial charge in [0, 0.05) is 13.1 Å². The summed E-state index contributed by atoms with van der Waals surface area (Å²) >= 11 is 0. The monoisotopic (exact) mass is 246 g/mol. The van der Waals surface area contributed by atoms with E-state index in [4.69, 9.17) is 0 Å². The topological polar surface area (TPSA) is 49.4 Å². The first-order valence-electron chi connectivity index (χ1n) is 6.24. The number of Topliss-reactive ketones (excluding diaryl/α,β-unsaturated/α-hetero) is 1. The third-order valence-electron chi connectivity index (χ3n) is 3.18. The van der Waals surface area contributed by atoms with Crippen LogP contribution in [0.1, 0.15) is 28.4 Å². The molecule has 0 radical (unpaired) electrons. The maximum absolute atomic E-state index is 12.0. The SMILES string of the molecule is CCNCCN1C(=O)C(=O)c2c(C)cc(C)cc21. The highest BCUT2D eigenvalue weighted by molar-refractivity contribution is 6.52. The molecule has 0 aromatic heterocycles. The molecule has 2 rings (SSSR count). The van der Waals surface area contributed by atoms with E-state index in [0.717, 1.165) is 23.4 Å². The van der Waals surface area contributed by atoms with Gasteiger partial charge in [0.15, 0.2) is 0 Å². The highest BCUT2D eigenvalue weighted by atomic mass is 16.2. The van der Waals surface area contributed by atoms with Crippen LogP contribution in [0.4, 0.5) is 5.69 Å². The summed E-state index contributed by atoms with van der Waals surface area (Å²) in [7, 11) is 0. The zero-order valence-corrected chi connectivity index (χ0v) is 11.0. The Labute approximate surface area is 107 Å². The zero-order chi connectivity index (χ0) is 13.3. The molecule has 0 fully saturated rings. The summed E-state index contributed by atoms with van der Waals surface area (Å²) in [5, 5.41) is 3.17. The molecule has 0 atom stereocenters. The molecule has 4 heteroatoms. The maximum atomic E-state index is 12.0. The number of nitrogens with zero attached hydrogens (tertiary/aromatic N) is 1. The number of anilines is 1. The Balaban J connectivity index is 2.35. The smallest absolute Gasteiger partial charge is 0.299 e. The molecule has 4 nitrogen and oxygen atoms in total. The van der Waals surface area contributed by atoms with Gasteiger partial charge in [-0.15, -0.1) is 0 Å². The number of ketones is 1. The molecule has 0 bridgehead atoms. The van der Waals surface area contributed by atoms with Crippen molar-refractivity contribution < 1.29 is 9.59 Å². The molecule has 1 aromatic rings. The third kappa shape index (κ3) is 2.04. The molecule has 0 saturated heterocycles. The first kappa shape index (κ1) is 12.8. The Morgan fingerprint density at radius 2 is 1.94 bits per heavy atom. The highest BCUT2D eigenvalue weighted by Crippen LogP contribution is 2.32. The van der Waals surface area contributed by atoms with Crippen LogP contribution in [0, 0.1) is 13.8 Å². The van der Waals surface area contributed by atoms with Gasteiger partial charge in [0.1, 0.15) is 0 Å². The molecular weight excluding hydrogens is 228 g/mol. The minimum atomic E-state index is -0.406. The lowest BCUT2D eigenvalue weighted by Gasteiger charge is -2.17. The fourth-order valence-electron chi connectivity index (χ4n) is 2.38. The molecular formula is C14H18N2O2. The van der Waals surface area contributed by atoms with E-state index in [1.165, 1.54) is 0 Å².